The third kappa shape index (κ3) is 22.2. The summed E-state index contributed by atoms with van der Waals surface area (Å²) in [6.07, 6.45) is 21.2. The summed E-state index contributed by atoms with van der Waals surface area (Å²) >= 11 is 0. The normalized spacial score (nSPS) is 10.6. The van der Waals surface area contributed by atoms with Gasteiger partial charge in [0.2, 0.25) is 0 Å². The molecule has 0 fully saturated rings. The molecule has 0 saturated heterocycles. The summed E-state index contributed by atoms with van der Waals surface area (Å²) in [5, 5.41) is 17.1. The summed E-state index contributed by atoms with van der Waals surface area (Å²) in [6, 6.07) is 8.71. The van der Waals surface area contributed by atoms with Gasteiger partial charge < -0.3 is 10.2 Å². The van der Waals surface area contributed by atoms with Gasteiger partial charge in [0.1, 0.15) is 5.75 Å². The summed E-state index contributed by atoms with van der Waals surface area (Å²) in [7, 11) is 0. The Kier molecular flexibility index (Phi) is 19.2. The van der Waals surface area contributed by atoms with Gasteiger partial charge in [0.25, 0.3) is 0 Å². The summed E-state index contributed by atoms with van der Waals surface area (Å²) in [6.45, 7) is 2.26. The van der Waals surface area contributed by atoms with Crippen molar-refractivity contribution in [1.29, 1.82) is 0 Å². The van der Waals surface area contributed by atoms with Crippen LogP contribution in [0.3, 0.4) is 0 Å². The molecule has 27 heavy (non-hydrogen) atoms. The van der Waals surface area contributed by atoms with Gasteiger partial charge in [0, 0.05) is 6.42 Å². The minimum atomic E-state index is -0.664. The lowest BCUT2D eigenvalue weighted by atomic mass is 10.1. The average Bonchev–Trinajstić information content (AvgIpc) is 2.66. The van der Waals surface area contributed by atoms with Crippen molar-refractivity contribution in [3.63, 3.8) is 0 Å². The van der Waals surface area contributed by atoms with Crippen molar-refractivity contribution in [3.8, 4) is 5.75 Å². The minimum Gasteiger partial charge on any atom is -0.508 e. The van der Waals surface area contributed by atoms with Gasteiger partial charge in [-0.1, -0.05) is 88.6 Å². The molecular weight excluding hydrogens is 336 g/mol. The van der Waals surface area contributed by atoms with Crippen molar-refractivity contribution >= 4 is 5.97 Å². The first kappa shape index (κ1) is 25.2. The highest BCUT2D eigenvalue weighted by atomic mass is 16.4. The number of aliphatic carboxylic acids is 1. The summed E-state index contributed by atoms with van der Waals surface area (Å²) in [5.74, 6) is -0.342. The molecule has 1 rings (SSSR count). The Morgan fingerprint density at radius 2 is 1.26 bits per heavy atom. The van der Waals surface area contributed by atoms with Gasteiger partial charge in [-0.15, -0.1) is 0 Å². The predicted molar refractivity (Wildman–Crippen MR) is 115 cm³/mol. The summed E-state index contributed by atoms with van der Waals surface area (Å²) in [4.78, 5) is 10.3. The highest BCUT2D eigenvalue weighted by Crippen LogP contribution is 2.09. The van der Waals surface area contributed by atoms with E-state index in [2.05, 4.69) is 19.1 Å². The first-order chi connectivity index (χ1) is 13.2. The zero-order valence-electron chi connectivity index (χ0n) is 17.2. The molecule has 0 aliphatic heterocycles. The number of aromatic hydroxyl groups is 1. The fourth-order valence-electron chi connectivity index (χ4n) is 2.77. The molecule has 0 bridgehead atoms. The maximum absolute atomic E-state index is 10.3. The lowest BCUT2D eigenvalue weighted by molar-refractivity contribution is -0.137. The van der Waals surface area contributed by atoms with E-state index in [4.69, 9.17) is 10.2 Å². The summed E-state index contributed by atoms with van der Waals surface area (Å²) < 4.78 is 0. The number of unbranched alkanes of at least 4 members (excludes halogenated alkanes) is 11. The van der Waals surface area contributed by atoms with E-state index in [1.807, 2.05) is 6.07 Å². The van der Waals surface area contributed by atoms with Crippen molar-refractivity contribution in [3.05, 3.63) is 42.5 Å². The fraction of sp³-hybridized carbons (Fsp3) is 0.625. The number of hydrogen-bond acceptors (Lipinski definition) is 2. The second kappa shape index (κ2) is 20.5. The van der Waals surface area contributed by atoms with Crippen molar-refractivity contribution in [2.24, 2.45) is 0 Å². The van der Waals surface area contributed by atoms with Crippen LogP contribution in [-0.2, 0) is 4.79 Å². The van der Waals surface area contributed by atoms with Crippen LogP contribution in [0, 0.1) is 0 Å². The number of phenolic OH excluding ortho intramolecular Hbond substituents is 1. The molecule has 0 saturated carbocycles. The molecule has 0 amide bonds. The lowest BCUT2D eigenvalue weighted by Gasteiger charge is -1.99. The van der Waals surface area contributed by atoms with Crippen molar-refractivity contribution in [2.75, 3.05) is 0 Å². The molecule has 1 aromatic carbocycles. The molecule has 2 N–H and O–H groups in total. The Morgan fingerprint density at radius 1 is 0.778 bits per heavy atom. The smallest absolute Gasteiger partial charge is 0.303 e. The Morgan fingerprint density at radius 3 is 1.70 bits per heavy atom. The third-order valence-electron chi connectivity index (χ3n) is 4.41. The number of phenols is 1. The Balaban J connectivity index is 0.000000797. The van der Waals surface area contributed by atoms with Crippen LogP contribution >= 0.6 is 0 Å². The van der Waals surface area contributed by atoms with Crippen LogP contribution in [0.1, 0.15) is 96.8 Å². The van der Waals surface area contributed by atoms with E-state index in [0.717, 1.165) is 12.8 Å². The lowest BCUT2D eigenvalue weighted by Crippen LogP contribution is -1.93. The second-order valence-corrected chi connectivity index (χ2v) is 7.06. The number of carbonyl (C=O) groups is 1. The standard InChI is InChI=1S/C18H34O2.C6H6O/c1-2-3-4-5-6-7-8-9-10-11-12-13-14-15-16-17-18(19)20;7-6-4-2-1-3-5-6/h9-10H,2-8,11-17H2,1H3,(H,19,20);1-5,7H. The first-order valence-electron chi connectivity index (χ1n) is 10.8. The van der Waals surface area contributed by atoms with Gasteiger partial charge in [-0.2, -0.15) is 0 Å². The van der Waals surface area contributed by atoms with Gasteiger partial charge >= 0.3 is 5.97 Å². The number of para-hydroxylation sites is 1. The van der Waals surface area contributed by atoms with Crippen LogP contribution in [0.4, 0.5) is 0 Å². The topological polar surface area (TPSA) is 57.5 Å². The molecule has 0 unspecified atom stereocenters. The van der Waals surface area contributed by atoms with Gasteiger partial charge in [-0.25, -0.2) is 0 Å². The van der Waals surface area contributed by atoms with Crippen LogP contribution in [0.2, 0.25) is 0 Å². The molecule has 0 aliphatic carbocycles. The number of rotatable bonds is 15. The molecule has 0 radical (unpaired) electrons. The highest BCUT2D eigenvalue weighted by Gasteiger charge is 1.95. The number of benzene rings is 1. The zero-order chi connectivity index (χ0) is 20.0. The fourth-order valence-corrected chi connectivity index (χ4v) is 2.77. The second-order valence-electron chi connectivity index (χ2n) is 7.06. The molecule has 0 heterocycles. The Bertz CT molecular complexity index is 454. The molecule has 3 heteroatoms. The van der Waals surface area contributed by atoms with E-state index >= 15 is 0 Å². The monoisotopic (exact) mass is 376 g/mol. The van der Waals surface area contributed by atoms with Crippen LogP contribution in [0.15, 0.2) is 42.5 Å². The maximum atomic E-state index is 10.3. The molecule has 1 aromatic rings. The third-order valence-corrected chi connectivity index (χ3v) is 4.41. The largest absolute Gasteiger partial charge is 0.508 e. The van der Waals surface area contributed by atoms with E-state index in [9.17, 15) is 4.79 Å². The number of hydrogen-bond donors (Lipinski definition) is 2. The first-order valence-corrected chi connectivity index (χ1v) is 10.8. The number of allylic oxidation sites excluding steroid dienone is 2. The molecular formula is C24H40O3. The molecule has 154 valence electrons. The summed E-state index contributed by atoms with van der Waals surface area (Å²) in [5.41, 5.74) is 0. The van der Waals surface area contributed by atoms with Crippen LogP contribution in [0.25, 0.3) is 0 Å². The van der Waals surface area contributed by atoms with Crippen LogP contribution < -0.4 is 0 Å². The van der Waals surface area contributed by atoms with E-state index in [-0.39, 0.29) is 0 Å². The number of carboxylic acid groups (broad SMARTS) is 1. The van der Waals surface area contributed by atoms with Gasteiger partial charge in [0.15, 0.2) is 0 Å². The number of carboxylic acids is 1. The maximum Gasteiger partial charge on any atom is 0.303 e. The molecule has 0 aromatic heterocycles. The zero-order valence-corrected chi connectivity index (χ0v) is 17.2. The van der Waals surface area contributed by atoms with E-state index in [1.54, 1.807) is 24.3 Å². The molecule has 0 spiro atoms. The average molecular weight is 377 g/mol. The van der Waals surface area contributed by atoms with Crippen LogP contribution in [-0.4, -0.2) is 16.2 Å². The van der Waals surface area contributed by atoms with Crippen LogP contribution in [0.5, 0.6) is 5.75 Å². The Labute approximate surface area is 166 Å². The van der Waals surface area contributed by atoms with Crippen molar-refractivity contribution in [1.82, 2.24) is 0 Å². The molecule has 0 aliphatic rings. The Hall–Kier alpha value is -1.77. The molecule has 0 atom stereocenters. The van der Waals surface area contributed by atoms with Crippen molar-refractivity contribution in [2.45, 2.75) is 96.8 Å². The molecule has 3 nitrogen and oxygen atoms in total. The van der Waals surface area contributed by atoms with E-state index in [1.165, 1.54) is 70.6 Å². The van der Waals surface area contributed by atoms with Gasteiger partial charge in [0.05, 0.1) is 0 Å². The SMILES string of the molecule is CCCCCCCCC=CCCCCCCCC(=O)O.Oc1ccccc1. The quantitative estimate of drug-likeness (QED) is 0.246. The van der Waals surface area contributed by atoms with E-state index < -0.39 is 5.97 Å². The van der Waals surface area contributed by atoms with Crippen molar-refractivity contribution < 1.29 is 15.0 Å². The minimum absolute atomic E-state index is 0.322. The van der Waals surface area contributed by atoms with Gasteiger partial charge in [-0.05, 0) is 44.2 Å². The predicted octanol–water partition coefficient (Wildman–Crippen LogP) is 7.50. The van der Waals surface area contributed by atoms with Gasteiger partial charge in [-0.3, -0.25) is 4.79 Å². The van der Waals surface area contributed by atoms with E-state index in [0.29, 0.717) is 12.2 Å². The highest BCUT2D eigenvalue weighted by molar-refractivity contribution is 5.66.